The first kappa shape index (κ1) is 33.5. The molecule has 0 unspecified atom stereocenters. The van der Waals surface area contributed by atoms with Crippen molar-refractivity contribution in [2.45, 2.75) is 25.8 Å². The van der Waals surface area contributed by atoms with Crippen LogP contribution in [-0.4, -0.2) is 26.2 Å². The lowest BCUT2D eigenvalue weighted by Gasteiger charge is -2.02. The van der Waals surface area contributed by atoms with Crippen LogP contribution in [-0.2, 0) is 19.4 Å². The number of carbonyl (C=O) groups is 1. The molecule has 6 rings (SSSR count). The molecule has 0 saturated carbocycles. The van der Waals surface area contributed by atoms with Gasteiger partial charge < -0.3 is 15.7 Å². The van der Waals surface area contributed by atoms with Gasteiger partial charge in [-0.25, -0.2) is 9.97 Å². The highest BCUT2D eigenvalue weighted by Crippen LogP contribution is 2.22. The number of aromatic nitrogens is 4. The van der Waals surface area contributed by atoms with Crippen LogP contribution in [0.15, 0.2) is 81.7 Å². The number of hydrogen-bond acceptors (Lipinski definition) is 4. The normalized spacial score (nSPS) is 10.7. The Hall–Kier alpha value is -2.43. The van der Waals surface area contributed by atoms with E-state index < -0.39 is 0 Å². The maximum absolute atomic E-state index is 10.2. The first-order valence-electron chi connectivity index (χ1n) is 13.0. The van der Waals surface area contributed by atoms with Crippen LogP contribution < -0.4 is 5.73 Å². The molecule has 0 saturated heterocycles. The summed E-state index contributed by atoms with van der Waals surface area (Å²) in [5, 5.41) is 2.33. The molecular weight excluding hydrogens is 760 g/mol. The minimum atomic E-state index is 0.451. The number of aryl methyl sites for hydroxylation is 2. The van der Waals surface area contributed by atoms with Gasteiger partial charge in [-0.05, 0) is 91.2 Å². The lowest BCUT2D eigenvalue weighted by Crippen LogP contribution is -1.97. The molecular formula is C31H25Br2Cl4N5O. The second-order valence-electron chi connectivity index (χ2n) is 9.35. The van der Waals surface area contributed by atoms with E-state index in [1.165, 1.54) is 0 Å². The molecule has 0 aliphatic carbocycles. The van der Waals surface area contributed by atoms with Gasteiger partial charge in [-0.15, -0.1) is 0 Å². The van der Waals surface area contributed by atoms with Gasteiger partial charge in [-0.1, -0.05) is 78.3 Å². The van der Waals surface area contributed by atoms with E-state index in [1.807, 2.05) is 48.5 Å². The van der Waals surface area contributed by atoms with Gasteiger partial charge in [-0.3, -0.25) is 4.79 Å². The highest BCUT2D eigenvalue weighted by molar-refractivity contribution is 9.10. The summed E-state index contributed by atoms with van der Waals surface area (Å²) in [6, 6.07) is 22.3. The molecule has 0 spiro atoms. The van der Waals surface area contributed by atoms with Crippen LogP contribution in [0.2, 0.25) is 20.1 Å². The van der Waals surface area contributed by atoms with Gasteiger partial charge in [0.25, 0.3) is 0 Å². The third-order valence-electron chi connectivity index (χ3n) is 6.00. The Bertz CT molecular complexity index is 1820. The van der Waals surface area contributed by atoms with Gasteiger partial charge in [0.05, 0.1) is 28.6 Å². The average molecular weight is 785 g/mol. The summed E-state index contributed by atoms with van der Waals surface area (Å²) in [5.74, 6) is 1.83. The zero-order valence-electron chi connectivity index (χ0n) is 22.5. The molecule has 6 nitrogen and oxygen atoms in total. The van der Waals surface area contributed by atoms with Gasteiger partial charge in [-0.2, -0.15) is 0 Å². The number of nitrogens with one attached hydrogen (secondary N) is 2. The minimum Gasteiger partial charge on any atom is -0.342 e. The Balaban J connectivity index is 0.000000163. The van der Waals surface area contributed by atoms with Gasteiger partial charge in [0.1, 0.15) is 17.9 Å². The molecule has 12 heteroatoms. The summed E-state index contributed by atoms with van der Waals surface area (Å²) in [7, 11) is 0. The number of rotatable bonds is 6. The molecule has 0 aliphatic heterocycles. The monoisotopic (exact) mass is 781 g/mol. The van der Waals surface area contributed by atoms with Crippen molar-refractivity contribution in [1.29, 1.82) is 0 Å². The van der Waals surface area contributed by atoms with Crippen LogP contribution in [0.5, 0.6) is 0 Å². The number of fused-ring (bicyclic) bond motifs is 2. The number of benzene rings is 4. The standard InChI is InChI=1S/C16H13BrCl2N2.C8H8BrN3.C7H4Cl2O/c17-11-4-5-14-15(8-11)21-16(20-14)3-1-2-10-6-12(18)9-13(19)7-10;9-5-1-2-6-7(3-5)12-8(4-10)11-6;8-6-1-5(4-10)2-7(9)3-6/h4-9H,1-3H2,(H,20,21);1-3H,4,10H2,(H,11,12);1-4H. The molecule has 0 radical (unpaired) electrons. The van der Waals surface area contributed by atoms with Crippen LogP contribution in [0.3, 0.4) is 0 Å². The third kappa shape index (κ3) is 10.3. The molecule has 0 amide bonds. The highest BCUT2D eigenvalue weighted by atomic mass is 79.9. The van der Waals surface area contributed by atoms with E-state index in [0.29, 0.717) is 38.5 Å². The lowest BCUT2D eigenvalue weighted by atomic mass is 10.1. The minimum absolute atomic E-state index is 0.451. The summed E-state index contributed by atoms with van der Waals surface area (Å²) in [5.41, 5.74) is 11.1. The van der Waals surface area contributed by atoms with Crippen molar-refractivity contribution in [3.8, 4) is 0 Å². The summed E-state index contributed by atoms with van der Waals surface area (Å²) in [6.45, 7) is 0.451. The van der Waals surface area contributed by atoms with Crippen molar-refractivity contribution in [1.82, 2.24) is 19.9 Å². The van der Waals surface area contributed by atoms with Crippen molar-refractivity contribution in [3.63, 3.8) is 0 Å². The zero-order chi connectivity index (χ0) is 30.9. The van der Waals surface area contributed by atoms with Crippen LogP contribution in [0.1, 0.15) is 34.0 Å². The van der Waals surface area contributed by atoms with Crippen molar-refractivity contribution < 1.29 is 4.79 Å². The van der Waals surface area contributed by atoms with Gasteiger partial charge >= 0.3 is 0 Å². The molecule has 6 aromatic rings. The SMILES string of the molecule is Clc1cc(Cl)cc(CCCc2nc3ccc(Br)cc3[nH]2)c1.NCc1nc2ccc(Br)cc2[nH]1.O=Cc1cc(Cl)cc(Cl)c1. The second-order valence-corrected chi connectivity index (χ2v) is 12.9. The van der Waals surface area contributed by atoms with Gasteiger partial charge in [0, 0.05) is 41.0 Å². The van der Waals surface area contributed by atoms with Crippen LogP contribution >= 0.6 is 78.3 Å². The Kier molecular flexibility index (Phi) is 12.5. The molecule has 0 bridgehead atoms. The fourth-order valence-corrected chi connectivity index (χ4v) is 5.98. The lowest BCUT2D eigenvalue weighted by molar-refractivity contribution is 0.112. The number of carbonyl (C=O) groups excluding carboxylic acids is 1. The number of nitrogens with two attached hydrogens (primary N) is 1. The van der Waals surface area contributed by atoms with E-state index in [0.717, 1.165) is 67.5 Å². The summed E-state index contributed by atoms with van der Waals surface area (Å²) in [6.07, 6.45) is 3.53. The molecule has 43 heavy (non-hydrogen) atoms. The van der Waals surface area contributed by atoms with E-state index in [9.17, 15) is 4.79 Å². The molecule has 0 fully saturated rings. The van der Waals surface area contributed by atoms with Crippen molar-refractivity contribution >= 4 is 107 Å². The smallest absolute Gasteiger partial charge is 0.150 e. The Labute approximate surface area is 285 Å². The molecule has 222 valence electrons. The van der Waals surface area contributed by atoms with E-state index in [-0.39, 0.29) is 0 Å². The fraction of sp³-hybridized carbons (Fsp3) is 0.129. The predicted molar refractivity (Wildman–Crippen MR) is 186 cm³/mol. The largest absolute Gasteiger partial charge is 0.342 e. The van der Waals surface area contributed by atoms with E-state index in [2.05, 4.69) is 51.8 Å². The molecule has 2 heterocycles. The number of aromatic amines is 2. The fourth-order valence-electron chi connectivity index (χ4n) is 4.14. The molecule has 0 atom stereocenters. The number of halogens is 6. The van der Waals surface area contributed by atoms with E-state index >= 15 is 0 Å². The number of H-pyrrole nitrogens is 2. The molecule has 4 aromatic carbocycles. The van der Waals surface area contributed by atoms with Crippen molar-refractivity contribution in [2.75, 3.05) is 0 Å². The molecule has 0 aliphatic rings. The first-order valence-corrected chi connectivity index (χ1v) is 16.1. The second kappa shape index (κ2) is 16.0. The van der Waals surface area contributed by atoms with Gasteiger partial charge in [0.15, 0.2) is 0 Å². The number of nitrogens with zero attached hydrogens (tertiary/aromatic N) is 2. The Morgan fingerprint density at radius 3 is 1.67 bits per heavy atom. The van der Waals surface area contributed by atoms with E-state index in [4.69, 9.17) is 52.1 Å². The van der Waals surface area contributed by atoms with Crippen LogP contribution in [0.4, 0.5) is 0 Å². The van der Waals surface area contributed by atoms with Gasteiger partial charge in [0.2, 0.25) is 0 Å². The van der Waals surface area contributed by atoms with Crippen LogP contribution in [0, 0.1) is 0 Å². The maximum Gasteiger partial charge on any atom is 0.150 e. The average Bonchev–Trinajstić information content (AvgIpc) is 3.55. The topological polar surface area (TPSA) is 100 Å². The summed E-state index contributed by atoms with van der Waals surface area (Å²) in [4.78, 5) is 25.5. The number of aldehydes is 1. The highest BCUT2D eigenvalue weighted by Gasteiger charge is 2.05. The molecule has 4 N–H and O–H groups in total. The maximum atomic E-state index is 10.2. The first-order chi connectivity index (χ1) is 20.6. The molecule has 2 aromatic heterocycles. The Morgan fingerprint density at radius 1 is 0.674 bits per heavy atom. The number of hydrogen-bond donors (Lipinski definition) is 3. The van der Waals surface area contributed by atoms with E-state index in [1.54, 1.807) is 24.3 Å². The quantitative estimate of drug-likeness (QED) is 0.146. The van der Waals surface area contributed by atoms with Crippen molar-refractivity contribution in [2.24, 2.45) is 5.73 Å². The van der Waals surface area contributed by atoms with Crippen LogP contribution in [0.25, 0.3) is 22.1 Å². The zero-order valence-corrected chi connectivity index (χ0v) is 28.7. The summed E-state index contributed by atoms with van der Waals surface area (Å²) >= 11 is 30.0. The van der Waals surface area contributed by atoms with Crippen molar-refractivity contribution in [3.05, 3.63) is 125 Å². The predicted octanol–water partition coefficient (Wildman–Crippen LogP) is 10.4. The Morgan fingerprint density at radius 2 is 1.16 bits per heavy atom. The third-order valence-corrected chi connectivity index (χ3v) is 7.86. The summed E-state index contributed by atoms with van der Waals surface area (Å²) < 4.78 is 2.10. The number of imidazole rings is 2.